The number of nitrogens with two attached hydrogens (primary N) is 1. The minimum absolute atomic E-state index is 0.0472. The van der Waals surface area contributed by atoms with Gasteiger partial charge in [-0.2, -0.15) is 0 Å². The van der Waals surface area contributed by atoms with Crippen LogP contribution in [0.5, 0.6) is 0 Å². The van der Waals surface area contributed by atoms with Crippen LogP contribution in [0.25, 0.3) is 0 Å². The van der Waals surface area contributed by atoms with E-state index in [2.05, 4.69) is 5.32 Å². The van der Waals surface area contributed by atoms with Crippen LogP contribution in [0.3, 0.4) is 0 Å². The highest BCUT2D eigenvalue weighted by Crippen LogP contribution is 2.18. The zero-order chi connectivity index (χ0) is 8.27. The Morgan fingerprint density at radius 3 is 3.00 bits per heavy atom. The number of rotatable bonds is 2. The Labute approximate surface area is 68.9 Å². The Morgan fingerprint density at radius 2 is 2.55 bits per heavy atom. The predicted octanol–water partition coefficient (Wildman–Crippen LogP) is -0.907. The quantitative estimate of drug-likeness (QED) is 0.568. The third-order valence-electron chi connectivity index (χ3n) is 1.46. The maximum atomic E-state index is 10.9. The highest BCUT2D eigenvalue weighted by molar-refractivity contribution is 8.14. The maximum absolute atomic E-state index is 10.9. The van der Waals surface area contributed by atoms with Crippen LogP contribution in [0.15, 0.2) is 0 Å². The van der Waals surface area contributed by atoms with E-state index in [9.17, 15) is 9.59 Å². The van der Waals surface area contributed by atoms with E-state index in [1.165, 1.54) is 11.8 Å². The van der Waals surface area contributed by atoms with E-state index in [1.807, 2.05) is 0 Å². The number of amides is 1. The molecule has 1 rings (SSSR count). The molecular formula is C6H10N2O2S. The average Bonchev–Trinajstić information content (AvgIpc) is 2.37. The summed E-state index contributed by atoms with van der Waals surface area (Å²) in [6, 6.07) is -0.295. The molecule has 1 amide bonds. The van der Waals surface area contributed by atoms with Crippen molar-refractivity contribution in [1.82, 2.24) is 5.32 Å². The number of hydrogen-bond donors (Lipinski definition) is 2. The van der Waals surface area contributed by atoms with E-state index in [0.29, 0.717) is 0 Å². The molecule has 0 saturated carbocycles. The topological polar surface area (TPSA) is 72.2 Å². The lowest BCUT2D eigenvalue weighted by atomic mass is 10.2. The van der Waals surface area contributed by atoms with Gasteiger partial charge in [0.1, 0.15) is 0 Å². The van der Waals surface area contributed by atoms with Crippen molar-refractivity contribution in [3.05, 3.63) is 0 Å². The zero-order valence-corrected chi connectivity index (χ0v) is 6.82. The summed E-state index contributed by atoms with van der Waals surface area (Å²) >= 11 is 1.26. The van der Waals surface area contributed by atoms with Crippen LogP contribution in [0, 0.1) is 0 Å². The summed E-state index contributed by atoms with van der Waals surface area (Å²) < 4.78 is 0. The molecule has 62 valence electrons. The van der Waals surface area contributed by atoms with Crippen LogP contribution < -0.4 is 11.1 Å². The molecule has 0 unspecified atom stereocenters. The normalized spacial score (nSPS) is 23.7. The molecule has 0 aliphatic carbocycles. The molecule has 0 aromatic carbocycles. The number of thioether (sulfide) groups is 1. The molecule has 1 aliphatic heterocycles. The Kier molecular flexibility index (Phi) is 2.90. The Morgan fingerprint density at radius 1 is 1.82 bits per heavy atom. The first kappa shape index (κ1) is 8.55. The molecule has 4 nitrogen and oxygen atoms in total. The first-order valence-corrected chi connectivity index (χ1v) is 4.38. The monoisotopic (exact) mass is 174 g/mol. The fourth-order valence-electron chi connectivity index (χ4n) is 0.880. The Balaban J connectivity index is 2.36. The molecule has 0 spiro atoms. The van der Waals surface area contributed by atoms with E-state index < -0.39 is 0 Å². The predicted molar refractivity (Wildman–Crippen MR) is 43.1 cm³/mol. The third kappa shape index (κ3) is 2.20. The number of carbonyl (C=O) groups is 2. The van der Waals surface area contributed by atoms with E-state index in [1.54, 1.807) is 0 Å². The van der Waals surface area contributed by atoms with Gasteiger partial charge in [-0.3, -0.25) is 9.59 Å². The minimum atomic E-state index is -0.295. The van der Waals surface area contributed by atoms with E-state index in [0.717, 1.165) is 12.2 Å². The van der Waals surface area contributed by atoms with Gasteiger partial charge in [-0.15, -0.1) is 0 Å². The lowest BCUT2D eigenvalue weighted by Crippen LogP contribution is -2.40. The lowest BCUT2D eigenvalue weighted by molar-refractivity contribution is -0.123. The maximum Gasteiger partial charge on any atom is 0.234 e. The molecule has 1 atom stereocenters. The summed E-state index contributed by atoms with van der Waals surface area (Å²) in [5.74, 6) is 0.541. The van der Waals surface area contributed by atoms with Crippen molar-refractivity contribution in [2.75, 3.05) is 12.3 Å². The summed E-state index contributed by atoms with van der Waals surface area (Å²) in [5, 5.41) is 2.59. The van der Waals surface area contributed by atoms with Crippen LogP contribution in [0.2, 0.25) is 0 Å². The van der Waals surface area contributed by atoms with Gasteiger partial charge in [-0.1, -0.05) is 11.8 Å². The first-order chi connectivity index (χ1) is 5.24. The molecule has 1 heterocycles. The SMILES string of the molecule is NCC(=O)N[C@H]1CCSC1=O. The largest absolute Gasteiger partial charge is 0.344 e. The van der Waals surface area contributed by atoms with E-state index in [4.69, 9.17) is 5.73 Å². The molecule has 0 bridgehead atoms. The second-order valence-corrected chi connectivity index (χ2v) is 3.38. The summed E-state index contributed by atoms with van der Waals surface area (Å²) in [6.45, 7) is -0.0472. The van der Waals surface area contributed by atoms with Crippen molar-refractivity contribution in [1.29, 1.82) is 0 Å². The van der Waals surface area contributed by atoms with Crippen molar-refractivity contribution in [2.45, 2.75) is 12.5 Å². The van der Waals surface area contributed by atoms with Gasteiger partial charge in [0.25, 0.3) is 0 Å². The van der Waals surface area contributed by atoms with Gasteiger partial charge >= 0.3 is 0 Å². The van der Waals surface area contributed by atoms with E-state index >= 15 is 0 Å². The van der Waals surface area contributed by atoms with Crippen LogP contribution in [-0.2, 0) is 9.59 Å². The molecule has 1 saturated heterocycles. The first-order valence-electron chi connectivity index (χ1n) is 3.40. The standard InChI is InChI=1S/C6H10N2O2S/c7-3-5(9)8-4-1-2-11-6(4)10/h4H,1-3,7H2,(H,8,9)/t4-/m0/s1. The van der Waals surface area contributed by atoms with Gasteiger partial charge < -0.3 is 11.1 Å². The third-order valence-corrected chi connectivity index (χ3v) is 2.46. The van der Waals surface area contributed by atoms with Crippen molar-refractivity contribution in [2.24, 2.45) is 5.73 Å². The lowest BCUT2D eigenvalue weighted by Gasteiger charge is -2.07. The molecule has 5 heteroatoms. The summed E-state index contributed by atoms with van der Waals surface area (Å²) in [5.41, 5.74) is 5.07. The zero-order valence-electron chi connectivity index (χ0n) is 6.00. The highest BCUT2D eigenvalue weighted by Gasteiger charge is 2.25. The van der Waals surface area contributed by atoms with Gasteiger partial charge in [-0.25, -0.2) is 0 Å². The fraction of sp³-hybridized carbons (Fsp3) is 0.667. The molecule has 0 aromatic rings. The van der Waals surface area contributed by atoms with Crippen LogP contribution in [0.1, 0.15) is 6.42 Å². The number of carbonyl (C=O) groups excluding carboxylic acids is 2. The smallest absolute Gasteiger partial charge is 0.234 e. The van der Waals surface area contributed by atoms with Gasteiger partial charge in [0.15, 0.2) is 0 Å². The molecule has 0 aromatic heterocycles. The summed E-state index contributed by atoms with van der Waals surface area (Å²) in [4.78, 5) is 21.6. The van der Waals surface area contributed by atoms with Crippen molar-refractivity contribution < 1.29 is 9.59 Å². The average molecular weight is 174 g/mol. The van der Waals surface area contributed by atoms with Crippen LogP contribution in [0.4, 0.5) is 0 Å². The van der Waals surface area contributed by atoms with Crippen molar-refractivity contribution in [3.8, 4) is 0 Å². The Hall–Kier alpha value is -0.550. The number of nitrogens with one attached hydrogen (secondary N) is 1. The minimum Gasteiger partial charge on any atom is -0.344 e. The van der Waals surface area contributed by atoms with Gasteiger partial charge in [0.2, 0.25) is 11.0 Å². The summed E-state index contributed by atoms with van der Waals surface area (Å²) in [6.07, 6.45) is 0.731. The molecule has 1 aliphatic rings. The molecule has 1 fully saturated rings. The summed E-state index contributed by atoms with van der Waals surface area (Å²) in [7, 11) is 0. The second kappa shape index (κ2) is 3.73. The van der Waals surface area contributed by atoms with E-state index in [-0.39, 0.29) is 23.6 Å². The van der Waals surface area contributed by atoms with Crippen molar-refractivity contribution in [3.63, 3.8) is 0 Å². The van der Waals surface area contributed by atoms with Gasteiger partial charge in [0, 0.05) is 5.75 Å². The molecule has 3 N–H and O–H groups in total. The fourth-order valence-corrected chi connectivity index (χ4v) is 1.81. The molecule has 0 radical (unpaired) electrons. The molecule has 11 heavy (non-hydrogen) atoms. The van der Waals surface area contributed by atoms with Gasteiger partial charge in [0.05, 0.1) is 12.6 Å². The van der Waals surface area contributed by atoms with Crippen molar-refractivity contribution >= 4 is 22.8 Å². The van der Waals surface area contributed by atoms with Crippen LogP contribution >= 0.6 is 11.8 Å². The van der Waals surface area contributed by atoms with Gasteiger partial charge in [-0.05, 0) is 6.42 Å². The highest BCUT2D eigenvalue weighted by atomic mass is 32.2. The second-order valence-electron chi connectivity index (χ2n) is 2.28. The molecular weight excluding hydrogens is 164 g/mol. The van der Waals surface area contributed by atoms with Crippen LogP contribution in [-0.4, -0.2) is 29.4 Å². The Bertz CT molecular complexity index is 183. The number of hydrogen-bond acceptors (Lipinski definition) is 4.